The third kappa shape index (κ3) is 4.60. The van der Waals surface area contributed by atoms with Gasteiger partial charge >= 0.3 is 0 Å². The molecule has 0 fully saturated rings. The van der Waals surface area contributed by atoms with Crippen LogP contribution in [0, 0.1) is 0 Å². The minimum absolute atomic E-state index is 0.200. The molecule has 0 atom stereocenters. The lowest BCUT2D eigenvalue weighted by molar-refractivity contribution is 0.0652. The van der Waals surface area contributed by atoms with Gasteiger partial charge in [-0.25, -0.2) is 0 Å². The summed E-state index contributed by atoms with van der Waals surface area (Å²) in [6, 6.07) is 21.3. The van der Waals surface area contributed by atoms with E-state index < -0.39 is 0 Å². The third-order valence-electron chi connectivity index (χ3n) is 6.67. The Morgan fingerprint density at radius 3 is 1.81 bits per heavy atom. The van der Waals surface area contributed by atoms with Crippen molar-refractivity contribution in [2.45, 2.75) is 25.7 Å². The van der Waals surface area contributed by atoms with Crippen molar-refractivity contribution in [2.24, 2.45) is 0 Å². The number of aromatic hydroxyl groups is 2. The quantitative estimate of drug-likeness (QED) is 0.297. The number of phenolic OH excluding ortho intramolecular Hbond substituents is 2. The Bertz CT molecular complexity index is 1310. The van der Waals surface area contributed by atoms with Gasteiger partial charge in [-0.3, -0.25) is 14.5 Å². The van der Waals surface area contributed by atoms with E-state index in [4.69, 9.17) is 0 Å². The molecule has 36 heavy (non-hydrogen) atoms. The first-order chi connectivity index (χ1) is 17.5. The fourth-order valence-corrected chi connectivity index (χ4v) is 4.88. The summed E-state index contributed by atoms with van der Waals surface area (Å²) in [5.41, 5.74) is 6.23. The molecule has 1 aliphatic carbocycles. The largest absolute Gasteiger partial charge is 0.508 e. The monoisotopic (exact) mass is 477 g/mol. The molecular formula is C31H27NO4. The first kappa shape index (κ1) is 23.4. The number of fused-ring (bicyclic) bond motifs is 1. The molecule has 1 heterocycles. The Morgan fingerprint density at radius 2 is 1.31 bits per heavy atom. The third-order valence-corrected chi connectivity index (χ3v) is 6.67. The molecule has 180 valence electrons. The molecule has 2 N–H and O–H groups in total. The smallest absolute Gasteiger partial charge is 0.261 e. The molecule has 5 heteroatoms. The summed E-state index contributed by atoms with van der Waals surface area (Å²) in [5.74, 6) is -0.0408. The zero-order valence-corrected chi connectivity index (χ0v) is 19.9. The van der Waals surface area contributed by atoms with Crippen LogP contribution in [0.25, 0.3) is 5.57 Å². The van der Waals surface area contributed by atoms with Gasteiger partial charge in [0, 0.05) is 6.54 Å². The molecule has 0 saturated carbocycles. The van der Waals surface area contributed by atoms with Crippen LogP contribution in [-0.2, 0) is 0 Å². The molecule has 3 aromatic rings. The Kier molecular flexibility index (Phi) is 6.54. The first-order valence-corrected chi connectivity index (χ1v) is 12.2. The average molecular weight is 478 g/mol. The number of allylic oxidation sites excluding steroid dienone is 5. The minimum atomic E-state index is -0.221. The predicted octanol–water partition coefficient (Wildman–Crippen LogP) is 6.25. The highest BCUT2D eigenvalue weighted by Gasteiger charge is 2.34. The van der Waals surface area contributed by atoms with E-state index in [1.54, 1.807) is 48.5 Å². The molecule has 2 amide bonds. The molecule has 2 aliphatic rings. The van der Waals surface area contributed by atoms with Crippen LogP contribution < -0.4 is 0 Å². The lowest BCUT2D eigenvalue weighted by atomic mass is 9.87. The Labute approximate surface area is 210 Å². The van der Waals surface area contributed by atoms with Gasteiger partial charge in [-0.15, -0.1) is 0 Å². The van der Waals surface area contributed by atoms with Gasteiger partial charge in [0.15, 0.2) is 0 Å². The van der Waals surface area contributed by atoms with E-state index in [0.29, 0.717) is 24.1 Å². The van der Waals surface area contributed by atoms with Crippen LogP contribution in [0.1, 0.15) is 57.5 Å². The number of rotatable bonds is 8. The van der Waals surface area contributed by atoms with Crippen LogP contribution in [0.3, 0.4) is 0 Å². The molecule has 0 saturated heterocycles. The van der Waals surface area contributed by atoms with Crippen LogP contribution in [0.15, 0.2) is 102 Å². The second-order valence-electron chi connectivity index (χ2n) is 9.01. The highest BCUT2D eigenvalue weighted by atomic mass is 16.3. The highest BCUT2D eigenvalue weighted by molar-refractivity contribution is 6.21. The molecular weight excluding hydrogens is 450 g/mol. The molecule has 5 nitrogen and oxygen atoms in total. The number of benzene rings is 3. The molecule has 0 aromatic heterocycles. The van der Waals surface area contributed by atoms with Crippen molar-refractivity contribution in [1.82, 2.24) is 4.90 Å². The summed E-state index contributed by atoms with van der Waals surface area (Å²) in [5, 5.41) is 19.7. The van der Waals surface area contributed by atoms with Gasteiger partial charge < -0.3 is 10.2 Å². The molecule has 0 bridgehead atoms. The van der Waals surface area contributed by atoms with Crippen LogP contribution in [0.4, 0.5) is 0 Å². The van der Waals surface area contributed by atoms with Crippen LogP contribution in [-0.4, -0.2) is 33.5 Å². The summed E-state index contributed by atoms with van der Waals surface area (Å²) in [4.78, 5) is 26.8. The SMILES string of the molecule is O=C1c2ccccc2C(=O)N1CCCCC(C1=CCC=C1)=C(c1ccc(O)cc1)c1ccc(O)cc1. The molecule has 0 unspecified atom stereocenters. The van der Waals surface area contributed by atoms with Crippen molar-refractivity contribution in [3.05, 3.63) is 124 Å². The molecule has 5 rings (SSSR count). The van der Waals surface area contributed by atoms with Crippen LogP contribution >= 0.6 is 0 Å². The van der Waals surface area contributed by atoms with E-state index >= 15 is 0 Å². The Morgan fingerprint density at radius 1 is 0.750 bits per heavy atom. The van der Waals surface area contributed by atoms with E-state index in [0.717, 1.165) is 47.1 Å². The van der Waals surface area contributed by atoms with E-state index in [2.05, 4.69) is 18.2 Å². The van der Waals surface area contributed by atoms with E-state index in [1.165, 1.54) is 4.90 Å². The van der Waals surface area contributed by atoms with Gasteiger partial charge in [0.05, 0.1) is 11.1 Å². The van der Waals surface area contributed by atoms with Gasteiger partial charge in [-0.1, -0.05) is 54.6 Å². The van der Waals surface area contributed by atoms with Gasteiger partial charge in [0.1, 0.15) is 11.5 Å². The standard InChI is InChI=1S/C31H27NO4/c33-24-16-12-22(13-17-24)29(23-14-18-25(34)19-15-23)26(21-7-1-2-8-21)9-5-6-20-32-30(35)27-10-3-4-11-28(27)31(32)36/h1,3-4,7-8,10-19,33-34H,2,5-6,9,20H2. The normalized spacial score (nSPS) is 14.2. The Hall–Kier alpha value is -4.38. The average Bonchev–Trinajstić information content (AvgIpc) is 3.51. The van der Waals surface area contributed by atoms with Crippen molar-refractivity contribution < 1.29 is 19.8 Å². The second kappa shape index (κ2) is 10.1. The number of nitrogens with zero attached hydrogens (tertiary/aromatic N) is 1. The Balaban J connectivity index is 1.42. The van der Waals surface area contributed by atoms with Gasteiger partial charge in [0.2, 0.25) is 0 Å². The van der Waals surface area contributed by atoms with E-state index in [1.807, 2.05) is 24.3 Å². The minimum Gasteiger partial charge on any atom is -0.508 e. The number of imide groups is 1. The fourth-order valence-electron chi connectivity index (χ4n) is 4.88. The van der Waals surface area contributed by atoms with Gasteiger partial charge in [-0.2, -0.15) is 0 Å². The number of hydrogen-bond acceptors (Lipinski definition) is 4. The van der Waals surface area contributed by atoms with Crippen molar-refractivity contribution in [1.29, 1.82) is 0 Å². The number of carbonyl (C=O) groups is 2. The van der Waals surface area contributed by atoms with Crippen molar-refractivity contribution in [3.63, 3.8) is 0 Å². The maximum atomic E-state index is 12.7. The lowest BCUT2D eigenvalue weighted by Crippen LogP contribution is -2.30. The number of hydrogen-bond donors (Lipinski definition) is 2. The summed E-state index contributed by atoms with van der Waals surface area (Å²) >= 11 is 0. The topological polar surface area (TPSA) is 77.8 Å². The van der Waals surface area contributed by atoms with Crippen LogP contribution in [0.2, 0.25) is 0 Å². The summed E-state index contributed by atoms with van der Waals surface area (Å²) in [7, 11) is 0. The van der Waals surface area contributed by atoms with Crippen LogP contribution in [0.5, 0.6) is 11.5 Å². The number of phenols is 2. The lowest BCUT2D eigenvalue weighted by Gasteiger charge is -2.19. The molecule has 0 spiro atoms. The first-order valence-electron chi connectivity index (χ1n) is 12.2. The molecule has 0 radical (unpaired) electrons. The van der Waals surface area contributed by atoms with Crippen molar-refractivity contribution in [2.75, 3.05) is 6.54 Å². The summed E-state index contributed by atoms with van der Waals surface area (Å²) in [6.45, 7) is 0.377. The molecule has 3 aromatic carbocycles. The molecule has 1 aliphatic heterocycles. The number of amides is 2. The zero-order valence-electron chi connectivity index (χ0n) is 19.9. The maximum absolute atomic E-state index is 12.7. The fraction of sp³-hybridized carbons (Fsp3) is 0.161. The van der Waals surface area contributed by atoms with E-state index in [-0.39, 0.29) is 23.3 Å². The summed E-state index contributed by atoms with van der Waals surface area (Å²) in [6.07, 6.45) is 9.53. The van der Waals surface area contributed by atoms with Crippen molar-refractivity contribution >= 4 is 17.4 Å². The van der Waals surface area contributed by atoms with E-state index in [9.17, 15) is 19.8 Å². The number of unbranched alkanes of at least 4 members (excludes halogenated alkanes) is 1. The predicted molar refractivity (Wildman–Crippen MR) is 140 cm³/mol. The van der Waals surface area contributed by atoms with Gasteiger partial charge in [0.25, 0.3) is 11.8 Å². The summed E-state index contributed by atoms with van der Waals surface area (Å²) < 4.78 is 0. The maximum Gasteiger partial charge on any atom is 0.261 e. The number of carbonyl (C=O) groups excluding carboxylic acids is 2. The zero-order chi connectivity index (χ0) is 25.1. The van der Waals surface area contributed by atoms with Crippen molar-refractivity contribution in [3.8, 4) is 11.5 Å². The highest BCUT2D eigenvalue weighted by Crippen LogP contribution is 2.36. The van der Waals surface area contributed by atoms with Gasteiger partial charge in [-0.05, 0) is 89.9 Å². The second-order valence-corrected chi connectivity index (χ2v) is 9.01.